The van der Waals surface area contributed by atoms with Crippen molar-refractivity contribution in [2.24, 2.45) is 10.9 Å². The van der Waals surface area contributed by atoms with Crippen molar-refractivity contribution in [1.29, 1.82) is 0 Å². The largest absolute Gasteiger partial charge is 0.368 e. The van der Waals surface area contributed by atoms with Gasteiger partial charge in [0.15, 0.2) is 5.96 Å². The topological polar surface area (TPSA) is 39.7 Å². The van der Waals surface area contributed by atoms with Crippen LogP contribution in [0, 0.1) is 5.92 Å². The van der Waals surface area contributed by atoms with Gasteiger partial charge in [-0.2, -0.15) is 0 Å². The molecule has 22 heavy (non-hydrogen) atoms. The van der Waals surface area contributed by atoms with Gasteiger partial charge in [0.2, 0.25) is 0 Å². The number of nitrogens with one attached hydrogen (secondary N) is 2. The standard InChI is InChI=1S/C17H25BrN4/c1-2-19-17(20-11-13-7-8-13)21-14-9-10-22(12-14)16-6-4-3-5-15(16)18/h3-6,13-14H,2,7-12H2,1H3,(H2,19,20,21). The maximum Gasteiger partial charge on any atom is 0.191 e. The first-order valence-corrected chi connectivity index (χ1v) is 9.10. The van der Waals surface area contributed by atoms with Crippen LogP contribution in [0.1, 0.15) is 26.2 Å². The fourth-order valence-corrected chi connectivity index (χ4v) is 3.37. The van der Waals surface area contributed by atoms with Crippen LogP contribution in [0.25, 0.3) is 0 Å². The lowest BCUT2D eigenvalue weighted by Crippen LogP contribution is -2.44. The molecule has 3 rings (SSSR count). The van der Waals surface area contributed by atoms with Crippen molar-refractivity contribution in [1.82, 2.24) is 10.6 Å². The number of halogens is 1. The zero-order valence-electron chi connectivity index (χ0n) is 13.2. The number of para-hydroxylation sites is 1. The monoisotopic (exact) mass is 364 g/mol. The van der Waals surface area contributed by atoms with Crippen molar-refractivity contribution in [2.45, 2.75) is 32.2 Å². The van der Waals surface area contributed by atoms with E-state index >= 15 is 0 Å². The molecular weight excluding hydrogens is 340 g/mol. The van der Waals surface area contributed by atoms with Gasteiger partial charge < -0.3 is 15.5 Å². The van der Waals surface area contributed by atoms with Crippen molar-refractivity contribution < 1.29 is 0 Å². The van der Waals surface area contributed by atoms with E-state index in [2.05, 4.69) is 62.7 Å². The van der Waals surface area contributed by atoms with Crippen molar-refractivity contribution in [3.63, 3.8) is 0 Å². The summed E-state index contributed by atoms with van der Waals surface area (Å²) >= 11 is 3.65. The SMILES string of the molecule is CCNC(=NCC1CC1)NC1CCN(c2ccccc2Br)C1. The lowest BCUT2D eigenvalue weighted by Gasteiger charge is -2.21. The molecule has 5 heteroatoms. The summed E-state index contributed by atoms with van der Waals surface area (Å²) in [5, 5.41) is 6.97. The molecule has 1 aliphatic heterocycles. The molecule has 2 N–H and O–H groups in total. The van der Waals surface area contributed by atoms with E-state index in [-0.39, 0.29) is 0 Å². The highest BCUT2D eigenvalue weighted by molar-refractivity contribution is 9.10. The van der Waals surface area contributed by atoms with Crippen LogP contribution in [0.5, 0.6) is 0 Å². The van der Waals surface area contributed by atoms with Gasteiger partial charge in [-0.25, -0.2) is 0 Å². The van der Waals surface area contributed by atoms with Gasteiger partial charge in [0.1, 0.15) is 0 Å². The quantitative estimate of drug-likeness (QED) is 0.623. The predicted molar refractivity (Wildman–Crippen MR) is 96.6 cm³/mol. The zero-order valence-corrected chi connectivity index (χ0v) is 14.8. The molecule has 1 saturated heterocycles. The molecule has 0 aromatic heterocycles. The minimum atomic E-state index is 0.462. The summed E-state index contributed by atoms with van der Waals surface area (Å²) in [6.07, 6.45) is 3.85. The van der Waals surface area contributed by atoms with Crippen LogP contribution in [0.15, 0.2) is 33.7 Å². The molecule has 2 fully saturated rings. The van der Waals surface area contributed by atoms with Gasteiger partial charge in [-0.05, 0) is 60.2 Å². The number of hydrogen-bond acceptors (Lipinski definition) is 2. The zero-order chi connectivity index (χ0) is 15.4. The van der Waals surface area contributed by atoms with E-state index in [0.29, 0.717) is 6.04 Å². The predicted octanol–water partition coefficient (Wildman–Crippen LogP) is 2.99. The molecule has 0 spiro atoms. The summed E-state index contributed by atoms with van der Waals surface area (Å²) in [6, 6.07) is 8.91. The normalized spacial score (nSPS) is 22.0. The third-order valence-electron chi connectivity index (χ3n) is 4.27. The Balaban J connectivity index is 1.57. The van der Waals surface area contributed by atoms with E-state index in [4.69, 9.17) is 4.99 Å². The third-order valence-corrected chi connectivity index (χ3v) is 4.94. The number of benzene rings is 1. The van der Waals surface area contributed by atoms with Gasteiger partial charge in [-0.15, -0.1) is 0 Å². The Labute approximate surface area is 141 Å². The average Bonchev–Trinajstić information content (AvgIpc) is 3.24. The highest BCUT2D eigenvalue weighted by Crippen LogP contribution is 2.29. The summed E-state index contributed by atoms with van der Waals surface area (Å²) in [7, 11) is 0. The highest BCUT2D eigenvalue weighted by Gasteiger charge is 2.25. The second-order valence-electron chi connectivity index (χ2n) is 6.19. The molecule has 4 nitrogen and oxygen atoms in total. The number of guanidine groups is 1. The number of hydrogen-bond donors (Lipinski definition) is 2. The average molecular weight is 365 g/mol. The van der Waals surface area contributed by atoms with Gasteiger partial charge >= 0.3 is 0 Å². The number of anilines is 1. The van der Waals surface area contributed by atoms with E-state index in [1.165, 1.54) is 23.0 Å². The van der Waals surface area contributed by atoms with Crippen LogP contribution in [0.4, 0.5) is 5.69 Å². The Morgan fingerprint density at radius 2 is 2.14 bits per heavy atom. The molecule has 1 aliphatic carbocycles. The summed E-state index contributed by atoms with van der Waals surface area (Å²) in [5.41, 5.74) is 1.28. The van der Waals surface area contributed by atoms with Crippen LogP contribution >= 0.6 is 15.9 Å². The molecule has 2 aliphatic rings. The molecule has 0 amide bonds. The maximum atomic E-state index is 4.72. The highest BCUT2D eigenvalue weighted by atomic mass is 79.9. The van der Waals surface area contributed by atoms with Crippen LogP contribution in [0.3, 0.4) is 0 Å². The minimum absolute atomic E-state index is 0.462. The summed E-state index contributed by atoms with van der Waals surface area (Å²) < 4.78 is 1.17. The Morgan fingerprint density at radius 1 is 1.32 bits per heavy atom. The van der Waals surface area contributed by atoms with Gasteiger partial charge in [0, 0.05) is 36.7 Å². The first-order chi connectivity index (χ1) is 10.8. The van der Waals surface area contributed by atoms with Gasteiger partial charge in [0.25, 0.3) is 0 Å². The number of nitrogens with zero attached hydrogens (tertiary/aromatic N) is 2. The van der Waals surface area contributed by atoms with Crippen molar-refractivity contribution in [2.75, 3.05) is 31.1 Å². The molecule has 0 radical (unpaired) electrons. The fraction of sp³-hybridized carbons (Fsp3) is 0.588. The second-order valence-corrected chi connectivity index (χ2v) is 7.04. The second kappa shape index (κ2) is 7.36. The molecule has 120 valence electrons. The van der Waals surface area contributed by atoms with Gasteiger partial charge in [-0.3, -0.25) is 4.99 Å². The number of rotatable bonds is 5. The van der Waals surface area contributed by atoms with E-state index in [1.54, 1.807) is 0 Å². The molecule has 1 aromatic carbocycles. The van der Waals surface area contributed by atoms with E-state index in [0.717, 1.165) is 44.5 Å². The van der Waals surface area contributed by atoms with Crippen molar-refractivity contribution in [3.05, 3.63) is 28.7 Å². The van der Waals surface area contributed by atoms with Crippen LogP contribution < -0.4 is 15.5 Å². The van der Waals surface area contributed by atoms with Crippen molar-refractivity contribution >= 4 is 27.6 Å². The summed E-state index contributed by atoms with van der Waals surface area (Å²) in [5.74, 6) is 1.81. The number of aliphatic imine (C=N–C) groups is 1. The Hall–Kier alpha value is -1.23. The van der Waals surface area contributed by atoms with Gasteiger partial charge in [0.05, 0.1) is 5.69 Å². The third kappa shape index (κ3) is 4.15. The minimum Gasteiger partial charge on any atom is -0.368 e. The molecule has 1 saturated carbocycles. The van der Waals surface area contributed by atoms with Gasteiger partial charge in [-0.1, -0.05) is 12.1 Å². The molecule has 0 bridgehead atoms. The summed E-state index contributed by atoms with van der Waals surface area (Å²) in [4.78, 5) is 7.16. The Kier molecular flexibility index (Phi) is 5.24. The maximum absolute atomic E-state index is 4.72. The smallest absolute Gasteiger partial charge is 0.191 e. The van der Waals surface area contributed by atoms with E-state index in [9.17, 15) is 0 Å². The Bertz CT molecular complexity index is 527. The fourth-order valence-electron chi connectivity index (χ4n) is 2.84. The van der Waals surface area contributed by atoms with E-state index in [1.807, 2.05) is 0 Å². The first kappa shape index (κ1) is 15.7. The molecule has 1 heterocycles. The lowest BCUT2D eigenvalue weighted by atomic mass is 10.2. The molecular formula is C17H25BrN4. The lowest BCUT2D eigenvalue weighted by molar-refractivity contribution is 0.647. The van der Waals surface area contributed by atoms with Crippen LogP contribution in [0.2, 0.25) is 0 Å². The molecule has 1 atom stereocenters. The van der Waals surface area contributed by atoms with Crippen LogP contribution in [-0.2, 0) is 0 Å². The summed E-state index contributed by atoms with van der Waals surface area (Å²) in [6.45, 7) is 6.11. The molecule has 1 unspecified atom stereocenters. The van der Waals surface area contributed by atoms with Crippen LogP contribution in [-0.4, -0.2) is 38.2 Å². The molecule has 1 aromatic rings. The Morgan fingerprint density at radius 3 is 2.86 bits per heavy atom. The van der Waals surface area contributed by atoms with Crippen molar-refractivity contribution in [3.8, 4) is 0 Å². The van der Waals surface area contributed by atoms with E-state index < -0.39 is 0 Å². The first-order valence-electron chi connectivity index (χ1n) is 8.30.